The van der Waals surface area contributed by atoms with E-state index in [1.165, 1.54) is 7.05 Å². The van der Waals surface area contributed by atoms with Crippen LogP contribution in [0.5, 0.6) is 0 Å². The number of halogens is 3. The van der Waals surface area contributed by atoms with Crippen LogP contribution in [0, 0.1) is 0 Å². The summed E-state index contributed by atoms with van der Waals surface area (Å²) < 4.78 is 36.2. The molecule has 0 saturated carbocycles. The molecule has 116 valence electrons. The zero-order chi connectivity index (χ0) is 16.0. The second-order valence-corrected chi connectivity index (χ2v) is 5.32. The number of rotatable bonds is 6. The van der Waals surface area contributed by atoms with Gasteiger partial charge >= 0.3 is 11.5 Å². The van der Waals surface area contributed by atoms with Gasteiger partial charge in [0.25, 0.3) is 0 Å². The Kier molecular flexibility index (Phi) is 6.07. The Morgan fingerprint density at radius 3 is 2.33 bits per heavy atom. The van der Waals surface area contributed by atoms with Gasteiger partial charge in [-0.25, -0.2) is 4.79 Å². The van der Waals surface area contributed by atoms with Gasteiger partial charge in [0.15, 0.2) is 0 Å². The van der Waals surface area contributed by atoms with Gasteiger partial charge in [-0.05, 0) is 17.3 Å². The van der Waals surface area contributed by atoms with E-state index in [2.05, 4.69) is 0 Å². The zero-order valence-electron chi connectivity index (χ0n) is 11.1. The first-order valence-electron chi connectivity index (χ1n) is 5.94. The van der Waals surface area contributed by atoms with Crippen molar-refractivity contribution in [1.29, 1.82) is 0 Å². The number of aliphatic carboxylic acids is 1. The third kappa shape index (κ3) is 6.07. The standard InChI is InChI=1S/C13H14F3NO3S/c1-17(11(18)8-21-13(14,15)16)10(12(19)20)7-9-5-3-2-4-6-9/h2-6,10H,7-8H2,1H3,(H,19,20). The Morgan fingerprint density at radius 1 is 1.29 bits per heavy atom. The molecule has 0 aliphatic carbocycles. The molecule has 0 spiro atoms. The van der Waals surface area contributed by atoms with Crippen molar-refractivity contribution in [1.82, 2.24) is 4.90 Å². The molecule has 1 atom stereocenters. The monoisotopic (exact) mass is 321 g/mol. The summed E-state index contributed by atoms with van der Waals surface area (Å²) in [4.78, 5) is 23.7. The average Bonchev–Trinajstić information content (AvgIpc) is 2.41. The molecule has 1 amide bonds. The lowest BCUT2D eigenvalue weighted by molar-refractivity contribution is -0.148. The van der Waals surface area contributed by atoms with E-state index in [0.717, 1.165) is 4.90 Å². The quantitative estimate of drug-likeness (QED) is 0.874. The molecule has 0 heterocycles. The van der Waals surface area contributed by atoms with Crippen molar-refractivity contribution in [2.24, 2.45) is 0 Å². The van der Waals surface area contributed by atoms with Crippen LogP contribution in [0.4, 0.5) is 13.2 Å². The van der Waals surface area contributed by atoms with E-state index in [1.807, 2.05) is 0 Å². The van der Waals surface area contributed by atoms with Crippen molar-refractivity contribution in [2.45, 2.75) is 18.0 Å². The van der Waals surface area contributed by atoms with Crippen LogP contribution < -0.4 is 0 Å². The summed E-state index contributed by atoms with van der Waals surface area (Å²) in [5.41, 5.74) is -3.83. The molecule has 1 unspecified atom stereocenters. The van der Waals surface area contributed by atoms with Gasteiger partial charge in [0.2, 0.25) is 5.91 Å². The Balaban J connectivity index is 2.71. The lowest BCUT2D eigenvalue weighted by atomic mass is 10.1. The average molecular weight is 321 g/mol. The minimum Gasteiger partial charge on any atom is -0.480 e. The maximum atomic E-state index is 12.1. The lowest BCUT2D eigenvalue weighted by Crippen LogP contribution is -2.44. The zero-order valence-corrected chi connectivity index (χ0v) is 11.9. The number of hydrogen-bond donors (Lipinski definition) is 1. The van der Waals surface area contributed by atoms with Crippen molar-refractivity contribution in [3.8, 4) is 0 Å². The first-order chi connectivity index (χ1) is 9.70. The van der Waals surface area contributed by atoms with Crippen LogP contribution in [0.15, 0.2) is 30.3 Å². The number of benzene rings is 1. The van der Waals surface area contributed by atoms with E-state index in [1.54, 1.807) is 30.3 Å². The first-order valence-corrected chi connectivity index (χ1v) is 6.92. The molecule has 0 bridgehead atoms. The van der Waals surface area contributed by atoms with E-state index in [4.69, 9.17) is 5.11 Å². The number of nitrogens with zero attached hydrogens (tertiary/aromatic N) is 1. The van der Waals surface area contributed by atoms with Crippen LogP contribution in [0.2, 0.25) is 0 Å². The van der Waals surface area contributed by atoms with E-state index in [9.17, 15) is 22.8 Å². The molecular formula is C13H14F3NO3S. The second kappa shape index (κ2) is 7.35. The highest BCUT2D eigenvalue weighted by Crippen LogP contribution is 2.30. The minimum absolute atomic E-state index is 0.0368. The molecule has 1 aromatic rings. The number of thioether (sulfide) groups is 1. The Labute approximate surface area is 123 Å². The summed E-state index contributed by atoms with van der Waals surface area (Å²) in [5, 5.41) is 9.16. The number of likely N-dealkylation sites (N-methyl/N-ethyl adjacent to an activating group) is 1. The number of carbonyl (C=O) groups is 2. The summed E-state index contributed by atoms with van der Waals surface area (Å²) in [6, 6.07) is 7.38. The van der Waals surface area contributed by atoms with E-state index >= 15 is 0 Å². The smallest absolute Gasteiger partial charge is 0.442 e. The molecule has 0 aromatic heterocycles. The number of amides is 1. The number of carboxylic acids is 1. The highest BCUT2D eigenvalue weighted by atomic mass is 32.2. The molecule has 1 aromatic carbocycles. The van der Waals surface area contributed by atoms with Crippen molar-refractivity contribution in [3.63, 3.8) is 0 Å². The normalized spacial score (nSPS) is 12.8. The molecule has 1 rings (SSSR count). The summed E-state index contributed by atoms with van der Waals surface area (Å²) >= 11 is -0.479. The SMILES string of the molecule is CN(C(=O)CSC(F)(F)F)C(Cc1ccccc1)C(=O)O. The highest BCUT2D eigenvalue weighted by molar-refractivity contribution is 8.00. The third-order valence-electron chi connectivity index (χ3n) is 2.78. The fraction of sp³-hybridized carbons (Fsp3) is 0.385. The molecule has 0 radical (unpaired) electrons. The second-order valence-electron chi connectivity index (χ2n) is 4.28. The maximum absolute atomic E-state index is 12.1. The third-order valence-corrected chi connectivity index (χ3v) is 3.50. The Hall–Kier alpha value is -1.70. The van der Waals surface area contributed by atoms with Gasteiger partial charge in [0.1, 0.15) is 6.04 Å². The molecule has 0 aliphatic rings. The maximum Gasteiger partial charge on any atom is 0.442 e. The predicted octanol–water partition coefficient (Wildman–Crippen LogP) is 2.39. The summed E-state index contributed by atoms with van der Waals surface area (Å²) in [6.07, 6.45) is 0.0368. The van der Waals surface area contributed by atoms with Crippen LogP contribution in [-0.4, -0.2) is 46.2 Å². The fourth-order valence-corrected chi connectivity index (χ4v) is 2.14. The van der Waals surface area contributed by atoms with Gasteiger partial charge in [0.05, 0.1) is 5.75 Å². The topological polar surface area (TPSA) is 57.6 Å². The molecule has 0 saturated heterocycles. The number of carbonyl (C=O) groups excluding carboxylic acids is 1. The summed E-state index contributed by atoms with van der Waals surface area (Å²) in [7, 11) is 1.20. The predicted molar refractivity (Wildman–Crippen MR) is 72.9 cm³/mol. The fourth-order valence-electron chi connectivity index (χ4n) is 1.65. The van der Waals surface area contributed by atoms with Gasteiger partial charge in [-0.2, -0.15) is 13.2 Å². The Morgan fingerprint density at radius 2 is 1.86 bits per heavy atom. The Bertz CT molecular complexity index is 493. The van der Waals surface area contributed by atoms with Gasteiger partial charge in [-0.15, -0.1) is 0 Å². The summed E-state index contributed by atoms with van der Waals surface area (Å²) in [5.74, 6) is -2.97. The lowest BCUT2D eigenvalue weighted by Gasteiger charge is -2.25. The van der Waals surface area contributed by atoms with Crippen LogP contribution in [0.25, 0.3) is 0 Å². The van der Waals surface area contributed by atoms with E-state index in [0.29, 0.717) is 5.56 Å². The molecular weight excluding hydrogens is 307 g/mol. The largest absolute Gasteiger partial charge is 0.480 e. The number of carboxylic acid groups (broad SMARTS) is 1. The van der Waals surface area contributed by atoms with Crippen LogP contribution in [0.3, 0.4) is 0 Å². The molecule has 0 fully saturated rings. The van der Waals surface area contributed by atoms with Crippen LogP contribution in [-0.2, 0) is 16.0 Å². The molecule has 1 N–H and O–H groups in total. The van der Waals surface area contributed by atoms with Crippen molar-refractivity contribution in [3.05, 3.63) is 35.9 Å². The van der Waals surface area contributed by atoms with Crippen molar-refractivity contribution >= 4 is 23.6 Å². The number of hydrogen-bond acceptors (Lipinski definition) is 3. The van der Waals surface area contributed by atoms with Gasteiger partial charge in [0, 0.05) is 13.5 Å². The summed E-state index contributed by atoms with van der Waals surface area (Å²) in [6.45, 7) is 0. The minimum atomic E-state index is -4.52. The number of alkyl halides is 3. The van der Waals surface area contributed by atoms with Gasteiger partial charge in [-0.3, -0.25) is 4.79 Å². The van der Waals surface area contributed by atoms with Crippen molar-refractivity contribution < 1.29 is 27.9 Å². The molecule has 8 heteroatoms. The van der Waals surface area contributed by atoms with Crippen molar-refractivity contribution in [2.75, 3.05) is 12.8 Å². The van der Waals surface area contributed by atoms with E-state index < -0.39 is 40.9 Å². The van der Waals surface area contributed by atoms with Gasteiger partial charge < -0.3 is 10.0 Å². The highest BCUT2D eigenvalue weighted by Gasteiger charge is 2.32. The molecule has 4 nitrogen and oxygen atoms in total. The van der Waals surface area contributed by atoms with Crippen LogP contribution >= 0.6 is 11.8 Å². The van der Waals surface area contributed by atoms with E-state index in [-0.39, 0.29) is 6.42 Å². The first kappa shape index (κ1) is 17.4. The van der Waals surface area contributed by atoms with Gasteiger partial charge in [-0.1, -0.05) is 30.3 Å². The molecule has 21 heavy (non-hydrogen) atoms. The van der Waals surface area contributed by atoms with Crippen LogP contribution in [0.1, 0.15) is 5.56 Å². The molecule has 0 aliphatic heterocycles.